The lowest BCUT2D eigenvalue weighted by molar-refractivity contribution is 0.174. The van der Waals surface area contributed by atoms with E-state index in [1.54, 1.807) is 0 Å². The second kappa shape index (κ2) is 4.69. The number of aryl methyl sites for hydroxylation is 1. The zero-order valence-electron chi connectivity index (χ0n) is 10.8. The normalized spacial score (nSPS) is 12.3. The van der Waals surface area contributed by atoms with E-state index in [2.05, 4.69) is 31.0 Å². The first-order valence-electron chi connectivity index (χ1n) is 6.15. The molecule has 0 unspecified atom stereocenters. The molecule has 3 rings (SSSR count). The van der Waals surface area contributed by atoms with Crippen LogP contribution in [0.3, 0.4) is 0 Å². The number of ether oxygens (including phenoxy) is 2. The molecule has 0 atom stereocenters. The Morgan fingerprint density at radius 2 is 1.95 bits per heavy atom. The molecular weight excluding hydrogens is 238 g/mol. The van der Waals surface area contributed by atoms with E-state index >= 15 is 0 Å². The van der Waals surface area contributed by atoms with Crippen LogP contribution in [0.5, 0.6) is 11.5 Å². The van der Waals surface area contributed by atoms with E-state index < -0.39 is 0 Å². The fourth-order valence-electron chi connectivity index (χ4n) is 2.05. The molecule has 96 valence electrons. The first-order chi connectivity index (χ1) is 9.22. The number of rotatable bonds is 3. The molecule has 3 nitrogen and oxygen atoms in total. The molecule has 19 heavy (non-hydrogen) atoms. The summed E-state index contributed by atoms with van der Waals surface area (Å²) < 4.78 is 10.6. The lowest BCUT2D eigenvalue weighted by atomic mass is 10.1. The van der Waals surface area contributed by atoms with Crippen LogP contribution >= 0.6 is 0 Å². The lowest BCUT2D eigenvalue weighted by Crippen LogP contribution is -1.97. The topological polar surface area (TPSA) is 30.5 Å². The average Bonchev–Trinajstić information content (AvgIpc) is 2.86. The maximum Gasteiger partial charge on any atom is 0.231 e. The average molecular weight is 253 g/mol. The van der Waals surface area contributed by atoms with E-state index in [0.29, 0.717) is 0 Å². The molecule has 0 bridgehead atoms. The number of fused-ring (bicyclic) bond motifs is 1. The Balaban J connectivity index is 1.80. The number of hydrogen-bond acceptors (Lipinski definition) is 3. The van der Waals surface area contributed by atoms with Gasteiger partial charge in [0.15, 0.2) is 11.5 Å². The summed E-state index contributed by atoms with van der Waals surface area (Å²) >= 11 is 0. The predicted octanol–water partition coefficient (Wildman–Crippen LogP) is 3.81. The van der Waals surface area contributed by atoms with E-state index in [9.17, 15) is 0 Å². The second-order valence-electron chi connectivity index (χ2n) is 4.54. The Morgan fingerprint density at radius 1 is 1.11 bits per heavy atom. The summed E-state index contributed by atoms with van der Waals surface area (Å²) in [5.74, 6) is 1.55. The molecule has 1 aliphatic rings. The van der Waals surface area contributed by atoms with Gasteiger partial charge in [0, 0.05) is 17.5 Å². The molecule has 1 heterocycles. The molecule has 2 aromatic carbocycles. The second-order valence-corrected chi connectivity index (χ2v) is 4.54. The predicted molar refractivity (Wildman–Crippen MR) is 76.4 cm³/mol. The minimum absolute atomic E-state index is 0.289. The zero-order valence-corrected chi connectivity index (χ0v) is 10.8. The van der Waals surface area contributed by atoms with Crippen molar-refractivity contribution in [3.63, 3.8) is 0 Å². The van der Waals surface area contributed by atoms with Gasteiger partial charge in [-0.05, 0) is 30.7 Å². The fraction of sp³-hybridized carbons (Fsp3) is 0.125. The molecule has 0 spiro atoms. The van der Waals surface area contributed by atoms with Crippen molar-refractivity contribution in [1.29, 1.82) is 0 Å². The number of hydrogen-bond donors (Lipinski definition) is 1. The van der Waals surface area contributed by atoms with Crippen LogP contribution < -0.4 is 14.8 Å². The molecule has 2 aromatic rings. The van der Waals surface area contributed by atoms with Gasteiger partial charge in [-0.25, -0.2) is 0 Å². The van der Waals surface area contributed by atoms with Crippen molar-refractivity contribution in [2.75, 3.05) is 12.1 Å². The minimum atomic E-state index is 0.289. The Bertz CT molecular complexity index is 634. The molecule has 0 amide bonds. The van der Waals surface area contributed by atoms with Gasteiger partial charge in [-0.2, -0.15) is 0 Å². The van der Waals surface area contributed by atoms with Crippen molar-refractivity contribution >= 4 is 11.4 Å². The van der Waals surface area contributed by atoms with Gasteiger partial charge in [0.1, 0.15) is 0 Å². The Morgan fingerprint density at radius 3 is 2.79 bits per heavy atom. The Kier molecular flexibility index (Phi) is 2.88. The minimum Gasteiger partial charge on any atom is -0.454 e. The van der Waals surface area contributed by atoms with Gasteiger partial charge in [0.25, 0.3) is 0 Å². The summed E-state index contributed by atoms with van der Waals surface area (Å²) in [5, 5.41) is 3.29. The van der Waals surface area contributed by atoms with Crippen molar-refractivity contribution < 1.29 is 9.47 Å². The van der Waals surface area contributed by atoms with E-state index in [1.807, 2.05) is 30.3 Å². The van der Waals surface area contributed by atoms with Gasteiger partial charge in [-0.15, -0.1) is 0 Å². The van der Waals surface area contributed by atoms with Gasteiger partial charge in [0.05, 0.1) is 0 Å². The van der Waals surface area contributed by atoms with Crippen LogP contribution in [0.4, 0.5) is 5.69 Å². The van der Waals surface area contributed by atoms with Crippen LogP contribution in [0, 0.1) is 6.92 Å². The molecule has 3 heteroatoms. The number of anilines is 1. The third-order valence-corrected chi connectivity index (χ3v) is 3.03. The molecule has 1 N–H and O–H groups in total. The monoisotopic (exact) mass is 253 g/mol. The van der Waals surface area contributed by atoms with Crippen molar-refractivity contribution in [2.45, 2.75) is 6.92 Å². The number of benzene rings is 2. The van der Waals surface area contributed by atoms with Gasteiger partial charge < -0.3 is 14.8 Å². The summed E-state index contributed by atoms with van der Waals surface area (Å²) in [6.07, 6.45) is 0. The van der Waals surface area contributed by atoms with Gasteiger partial charge >= 0.3 is 0 Å². The first kappa shape index (κ1) is 11.7. The van der Waals surface area contributed by atoms with Crippen molar-refractivity contribution in [3.8, 4) is 11.5 Å². The first-order valence-corrected chi connectivity index (χ1v) is 6.15. The van der Waals surface area contributed by atoms with Crippen molar-refractivity contribution in [1.82, 2.24) is 0 Å². The van der Waals surface area contributed by atoms with Crippen molar-refractivity contribution in [2.24, 2.45) is 0 Å². The quantitative estimate of drug-likeness (QED) is 0.902. The maximum absolute atomic E-state index is 5.35. The molecule has 0 radical (unpaired) electrons. The molecule has 0 aliphatic carbocycles. The molecule has 0 fully saturated rings. The Hall–Kier alpha value is -2.42. The highest BCUT2D eigenvalue weighted by Gasteiger charge is 2.13. The zero-order chi connectivity index (χ0) is 13.2. The van der Waals surface area contributed by atoms with E-state index in [1.165, 1.54) is 5.56 Å². The van der Waals surface area contributed by atoms with Crippen LogP contribution in [0.1, 0.15) is 11.1 Å². The van der Waals surface area contributed by atoms with Crippen LogP contribution in [-0.4, -0.2) is 6.79 Å². The number of nitrogens with one attached hydrogen (secondary N) is 1. The molecule has 0 saturated carbocycles. The highest BCUT2D eigenvalue weighted by Crippen LogP contribution is 2.34. The largest absolute Gasteiger partial charge is 0.454 e. The molecule has 1 aliphatic heterocycles. The van der Waals surface area contributed by atoms with Crippen LogP contribution in [0.2, 0.25) is 0 Å². The highest BCUT2D eigenvalue weighted by molar-refractivity contribution is 5.76. The van der Waals surface area contributed by atoms with Gasteiger partial charge in [-0.1, -0.05) is 30.3 Å². The summed E-state index contributed by atoms with van der Waals surface area (Å²) in [4.78, 5) is 0. The van der Waals surface area contributed by atoms with E-state index in [4.69, 9.17) is 9.47 Å². The smallest absolute Gasteiger partial charge is 0.231 e. The SMILES string of the molecule is C=C(Nc1ccc2c(c1)OCO2)c1cccc(C)c1. The highest BCUT2D eigenvalue weighted by atomic mass is 16.7. The van der Waals surface area contributed by atoms with E-state index in [0.717, 1.165) is 28.4 Å². The van der Waals surface area contributed by atoms with Gasteiger partial charge in [0.2, 0.25) is 6.79 Å². The Labute approximate surface area is 112 Å². The molecule has 0 aromatic heterocycles. The van der Waals surface area contributed by atoms with Gasteiger partial charge in [-0.3, -0.25) is 0 Å². The summed E-state index contributed by atoms with van der Waals surface area (Å²) in [6.45, 7) is 6.43. The third-order valence-electron chi connectivity index (χ3n) is 3.03. The lowest BCUT2D eigenvalue weighted by Gasteiger charge is -2.11. The standard InChI is InChI=1S/C16H15NO2/c1-11-4-3-5-13(8-11)12(2)17-14-6-7-15-16(9-14)19-10-18-15/h3-9,17H,2,10H2,1H3. The van der Waals surface area contributed by atoms with Crippen LogP contribution in [-0.2, 0) is 0 Å². The fourth-order valence-corrected chi connectivity index (χ4v) is 2.05. The van der Waals surface area contributed by atoms with E-state index in [-0.39, 0.29) is 6.79 Å². The molecule has 0 saturated heterocycles. The molecular formula is C16H15NO2. The third kappa shape index (κ3) is 2.40. The summed E-state index contributed by atoms with van der Waals surface area (Å²) in [7, 11) is 0. The van der Waals surface area contributed by atoms with Crippen LogP contribution in [0.25, 0.3) is 5.70 Å². The maximum atomic E-state index is 5.35. The summed E-state index contributed by atoms with van der Waals surface area (Å²) in [5.41, 5.74) is 4.10. The van der Waals surface area contributed by atoms with Crippen molar-refractivity contribution in [3.05, 3.63) is 60.2 Å². The van der Waals surface area contributed by atoms with Crippen LogP contribution in [0.15, 0.2) is 49.0 Å². The summed E-state index contributed by atoms with van der Waals surface area (Å²) in [6, 6.07) is 14.0.